The van der Waals surface area contributed by atoms with Crippen molar-refractivity contribution < 1.29 is 18.3 Å². The molecule has 28 heavy (non-hydrogen) atoms. The van der Waals surface area contributed by atoms with E-state index in [-0.39, 0.29) is 24.8 Å². The maximum atomic E-state index is 13.3. The smallest absolute Gasteiger partial charge is 0.252 e. The lowest BCUT2D eigenvalue weighted by atomic mass is 9.92. The minimum atomic E-state index is -2.56. The van der Waals surface area contributed by atoms with E-state index < -0.39 is 5.92 Å². The molecule has 156 valence electrons. The van der Waals surface area contributed by atoms with Gasteiger partial charge in [0.1, 0.15) is 0 Å². The van der Waals surface area contributed by atoms with Crippen molar-refractivity contribution in [2.24, 2.45) is 5.92 Å². The number of aryl methyl sites for hydroxylation is 1. The van der Waals surface area contributed by atoms with Crippen LogP contribution in [0.3, 0.4) is 0 Å². The van der Waals surface area contributed by atoms with Crippen LogP contribution in [0.5, 0.6) is 0 Å². The summed E-state index contributed by atoms with van der Waals surface area (Å²) in [6.07, 6.45) is 3.86. The predicted octanol–water partition coefficient (Wildman–Crippen LogP) is 4.24. The fourth-order valence-corrected chi connectivity index (χ4v) is 5.57. The summed E-state index contributed by atoms with van der Waals surface area (Å²) < 4.78 is 32.0. The van der Waals surface area contributed by atoms with E-state index in [2.05, 4.69) is 10.6 Å². The van der Waals surface area contributed by atoms with Gasteiger partial charge >= 0.3 is 0 Å². The molecule has 0 unspecified atom stereocenters. The molecule has 1 saturated heterocycles. The van der Waals surface area contributed by atoms with Crippen LogP contribution in [0.15, 0.2) is 6.07 Å². The highest BCUT2D eigenvalue weighted by molar-refractivity contribution is 7.12. The number of amides is 1. The molecule has 1 aromatic rings. The summed E-state index contributed by atoms with van der Waals surface area (Å²) in [6, 6.07) is 2.40. The van der Waals surface area contributed by atoms with Gasteiger partial charge in [-0.15, -0.1) is 11.3 Å². The Hall–Kier alpha value is -1.05. The first-order valence-corrected chi connectivity index (χ1v) is 11.3. The number of rotatable bonds is 6. The normalized spacial score (nSPS) is 28.2. The molecule has 0 aromatic carbocycles. The van der Waals surface area contributed by atoms with Crippen molar-refractivity contribution in [3.8, 4) is 0 Å². The predicted molar refractivity (Wildman–Crippen MR) is 106 cm³/mol. The zero-order chi connectivity index (χ0) is 19.7. The third-order valence-electron chi connectivity index (χ3n) is 6.40. The third kappa shape index (κ3) is 4.92. The first-order chi connectivity index (χ1) is 13.4. The molecule has 1 aliphatic heterocycles. The molecule has 2 heterocycles. The van der Waals surface area contributed by atoms with Gasteiger partial charge in [0, 0.05) is 53.8 Å². The van der Waals surface area contributed by atoms with E-state index in [9.17, 15) is 13.6 Å². The van der Waals surface area contributed by atoms with E-state index >= 15 is 0 Å². The average Bonchev–Trinajstić information content (AvgIpc) is 3.35. The van der Waals surface area contributed by atoms with Crippen LogP contribution in [-0.2, 0) is 4.74 Å². The summed E-state index contributed by atoms with van der Waals surface area (Å²) in [5, 5.41) is 6.66. The van der Waals surface area contributed by atoms with E-state index in [1.165, 1.54) is 4.88 Å². The Labute approximate surface area is 169 Å². The Bertz CT molecular complexity index is 693. The molecule has 0 bridgehead atoms. The van der Waals surface area contributed by atoms with Gasteiger partial charge in [0.15, 0.2) is 0 Å². The summed E-state index contributed by atoms with van der Waals surface area (Å²) in [5.74, 6) is -1.46. The van der Waals surface area contributed by atoms with Gasteiger partial charge in [0.05, 0.1) is 5.56 Å². The van der Waals surface area contributed by atoms with Gasteiger partial charge in [0.2, 0.25) is 5.92 Å². The van der Waals surface area contributed by atoms with Crippen LogP contribution in [0, 0.1) is 12.8 Å². The molecular formula is C21H30F2N2O2S. The van der Waals surface area contributed by atoms with E-state index in [4.69, 9.17) is 4.74 Å². The van der Waals surface area contributed by atoms with E-state index in [0.717, 1.165) is 43.9 Å². The second-order valence-corrected chi connectivity index (χ2v) is 9.92. The van der Waals surface area contributed by atoms with Crippen molar-refractivity contribution in [1.82, 2.24) is 10.6 Å². The van der Waals surface area contributed by atoms with Crippen LogP contribution in [0.4, 0.5) is 8.78 Å². The van der Waals surface area contributed by atoms with Crippen molar-refractivity contribution in [2.75, 3.05) is 19.8 Å². The molecule has 2 N–H and O–H groups in total. The molecule has 7 heteroatoms. The van der Waals surface area contributed by atoms with E-state index in [0.29, 0.717) is 36.3 Å². The van der Waals surface area contributed by atoms with Gasteiger partial charge in [-0.1, -0.05) is 0 Å². The topological polar surface area (TPSA) is 50.4 Å². The summed E-state index contributed by atoms with van der Waals surface area (Å²) in [4.78, 5) is 14.9. The number of carbonyl (C=O) groups excluding carboxylic acids is 1. The number of nitrogens with one attached hydrogen (secondary N) is 2. The van der Waals surface area contributed by atoms with Crippen LogP contribution in [0.1, 0.15) is 71.0 Å². The summed E-state index contributed by atoms with van der Waals surface area (Å²) in [5.41, 5.74) is 0.715. The number of halogens is 2. The van der Waals surface area contributed by atoms with E-state index in [1.807, 2.05) is 13.0 Å². The molecule has 3 fully saturated rings. The van der Waals surface area contributed by atoms with E-state index in [1.54, 1.807) is 11.3 Å². The number of thiophene rings is 1. The minimum Gasteiger partial charge on any atom is -0.381 e. The Morgan fingerprint density at radius 1 is 1.25 bits per heavy atom. The largest absolute Gasteiger partial charge is 0.381 e. The molecule has 4 nitrogen and oxygen atoms in total. The van der Waals surface area contributed by atoms with Crippen LogP contribution < -0.4 is 10.6 Å². The number of hydrogen-bond donors (Lipinski definition) is 2. The first kappa shape index (κ1) is 20.2. The fourth-order valence-electron chi connectivity index (χ4n) is 4.36. The Morgan fingerprint density at radius 3 is 2.68 bits per heavy atom. The molecule has 2 aliphatic carbocycles. The van der Waals surface area contributed by atoms with Gasteiger partial charge in [-0.2, -0.15) is 0 Å². The maximum Gasteiger partial charge on any atom is 0.252 e. The SMILES string of the molecule is Cc1sc([C@@H]2C[C@H]2NCC2CCOCC2)cc1C(=O)NC1CCC(F)(F)CC1. The minimum absolute atomic E-state index is 0.109. The van der Waals surface area contributed by atoms with Gasteiger partial charge in [-0.3, -0.25) is 4.79 Å². The summed E-state index contributed by atoms with van der Waals surface area (Å²) >= 11 is 1.70. The first-order valence-electron chi connectivity index (χ1n) is 10.5. The molecular weight excluding hydrogens is 382 g/mol. The third-order valence-corrected chi connectivity index (χ3v) is 7.58. The van der Waals surface area contributed by atoms with Gasteiger partial charge in [0.25, 0.3) is 5.91 Å². The molecule has 0 spiro atoms. The monoisotopic (exact) mass is 412 g/mol. The Kier molecular flexibility index (Phi) is 6.04. The van der Waals surface area contributed by atoms with Crippen LogP contribution in [0.2, 0.25) is 0 Å². The highest BCUT2D eigenvalue weighted by atomic mass is 32.1. The highest BCUT2D eigenvalue weighted by Crippen LogP contribution is 2.45. The number of hydrogen-bond acceptors (Lipinski definition) is 4. The van der Waals surface area contributed by atoms with Crippen molar-refractivity contribution in [3.05, 3.63) is 21.4 Å². The standard InChI is InChI=1S/C21H30F2N2O2S/c1-13-16(20(26)25-15-2-6-21(22,23)7-3-15)11-19(28-13)17-10-18(17)24-12-14-4-8-27-9-5-14/h11,14-15,17-18,24H,2-10,12H2,1H3,(H,25,26)/t17-,18-/m1/s1. The zero-order valence-electron chi connectivity index (χ0n) is 16.4. The van der Waals surface area contributed by atoms with Crippen LogP contribution in [-0.4, -0.2) is 43.7 Å². The van der Waals surface area contributed by atoms with Gasteiger partial charge < -0.3 is 15.4 Å². The highest BCUT2D eigenvalue weighted by Gasteiger charge is 2.40. The summed E-state index contributed by atoms with van der Waals surface area (Å²) in [6.45, 7) is 4.78. The van der Waals surface area contributed by atoms with Crippen molar-refractivity contribution in [2.45, 2.75) is 75.8 Å². The van der Waals surface area contributed by atoms with Gasteiger partial charge in [-0.05, 0) is 57.6 Å². The molecule has 4 rings (SSSR count). The summed E-state index contributed by atoms with van der Waals surface area (Å²) in [7, 11) is 0. The molecule has 2 saturated carbocycles. The number of ether oxygens (including phenoxy) is 1. The fraction of sp³-hybridized carbons (Fsp3) is 0.762. The van der Waals surface area contributed by atoms with Crippen LogP contribution >= 0.6 is 11.3 Å². The molecule has 3 aliphatic rings. The van der Waals surface area contributed by atoms with Crippen molar-refractivity contribution >= 4 is 17.2 Å². The quantitative estimate of drug-likeness (QED) is 0.735. The Balaban J connectivity index is 1.27. The van der Waals surface area contributed by atoms with Gasteiger partial charge in [-0.25, -0.2) is 8.78 Å². The van der Waals surface area contributed by atoms with Crippen molar-refractivity contribution in [3.63, 3.8) is 0 Å². The molecule has 1 aromatic heterocycles. The Morgan fingerprint density at radius 2 is 1.96 bits per heavy atom. The number of carbonyl (C=O) groups is 1. The second-order valence-electron chi connectivity index (χ2n) is 8.64. The van der Waals surface area contributed by atoms with Crippen LogP contribution in [0.25, 0.3) is 0 Å². The average molecular weight is 413 g/mol. The molecule has 1 amide bonds. The number of alkyl halides is 2. The lowest BCUT2D eigenvalue weighted by molar-refractivity contribution is -0.0399. The molecule has 2 atom stereocenters. The zero-order valence-corrected chi connectivity index (χ0v) is 17.3. The lowest BCUT2D eigenvalue weighted by Gasteiger charge is -2.28. The maximum absolute atomic E-state index is 13.3. The second kappa shape index (κ2) is 8.36. The molecule has 0 radical (unpaired) electrons. The lowest BCUT2D eigenvalue weighted by Crippen LogP contribution is -2.40. The van der Waals surface area contributed by atoms with Crippen molar-refractivity contribution in [1.29, 1.82) is 0 Å².